The highest BCUT2D eigenvalue weighted by Crippen LogP contribution is 2.22. The van der Waals surface area contributed by atoms with Crippen LogP contribution < -0.4 is 9.47 Å². The van der Waals surface area contributed by atoms with Gasteiger partial charge in [0.15, 0.2) is 0 Å². The minimum atomic E-state index is -0.332. The molecular formula is C19H17NO3. The second-order valence-electron chi connectivity index (χ2n) is 4.70. The maximum Gasteiger partial charge on any atom is 0.203 e. The average molecular weight is 307 g/mol. The lowest BCUT2D eigenvalue weighted by Gasteiger charge is -2.07. The summed E-state index contributed by atoms with van der Waals surface area (Å²) < 4.78 is 10.6. The zero-order valence-corrected chi connectivity index (χ0v) is 13.1. The van der Waals surface area contributed by atoms with Crippen LogP contribution in [-0.2, 0) is 0 Å². The van der Waals surface area contributed by atoms with Crippen molar-refractivity contribution in [3.05, 3.63) is 65.2 Å². The lowest BCUT2D eigenvalue weighted by Crippen LogP contribution is -2.02. The molecule has 0 heterocycles. The molecule has 0 aliphatic heterocycles. The Morgan fingerprint density at radius 1 is 1.17 bits per heavy atom. The first-order valence-corrected chi connectivity index (χ1v) is 7.22. The van der Waals surface area contributed by atoms with Gasteiger partial charge in [-0.05, 0) is 43.3 Å². The summed E-state index contributed by atoms with van der Waals surface area (Å²) in [5.41, 5.74) is 1.20. The highest BCUT2D eigenvalue weighted by Gasteiger charge is 2.13. The van der Waals surface area contributed by atoms with Crippen molar-refractivity contribution >= 4 is 11.9 Å². The summed E-state index contributed by atoms with van der Waals surface area (Å²) >= 11 is 0. The van der Waals surface area contributed by atoms with Gasteiger partial charge >= 0.3 is 0 Å². The number of allylic oxidation sites excluding steroid dienone is 1. The molecule has 4 heteroatoms. The zero-order valence-electron chi connectivity index (χ0n) is 13.1. The van der Waals surface area contributed by atoms with Crippen LogP contribution in [-0.4, -0.2) is 19.5 Å². The number of nitrogens with zero attached hydrogens (tertiary/aromatic N) is 1. The van der Waals surface area contributed by atoms with Gasteiger partial charge in [0.25, 0.3) is 0 Å². The monoisotopic (exact) mass is 307 g/mol. The summed E-state index contributed by atoms with van der Waals surface area (Å²) in [4.78, 5) is 12.5. The number of ketones is 1. The first-order valence-electron chi connectivity index (χ1n) is 7.22. The molecule has 2 aromatic rings. The highest BCUT2D eigenvalue weighted by molar-refractivity contribution is 6.14. The lowest BCUT2D eigenvalue weighted by atomic mass is 10.0. The van der Waals surface area contributed by atoms with Gasteiger partial charge in [0.2, 0.25) is 5.78 Å². The van der Waals surface area contributed by atoms with Crippen LogP contribution in [0.3, 0.4) is 0 Å². The number of hydrogen-bond donors (Lipinski definition) is 0. The van der Waals surface area contributed by atoms with Gasteiger partial charge in [-0.3, -0.25) is 4.79 Å². The fourth-order valence-electron chi connectivity index (χ4n) is 2.09. The highest BCUT2D eigenvalue weighted by atomic mass is 16.5. The molecule has 0 radical (unpaired) electrons. The molecule has 0 saturated carbocycles. The van der Waals surface area contributed by atoms with E-state index in [1.807, 2.05) is 37.3 Å². The number of methoxy groups -OCH3 is 1. The summed E-state index contributed by atoms with van der Waals surface area (Å²) in [6, 6.07) is 15.9. The van der Waals surface area contributed by atoms with E-state index in [0.717, 1.165) is 0 Å². The Balaban J connectivity index is 2.35. The molecule has 0 fully saturated rings. The second-order valence-corrected chi connectivity index (χ2v) is 4.70. The van der Waals surface area contributed by atoms with Crippen LogP contribution in [0.15, 0.2) is 54.1 Å². The number of carbonyl (C=O) groups is 1. The fourth-order valence-corrected chi connectivity index (χ4v) is 2.09. The molecule has 0 amide bonds. The van der Waals surface area contributed by atoms with Gasteiger partial charge in [-0.15, -0.1) is 0 Å². The van der Waals surface area contributed by atoms with Gasteiger partial charge in [-0.1, -0.05) is 18.2 Å². The van der Waals surface area contributed by atoms with Crippen LogP contribution in [0.25, 0.3) is 6.08 Å². The first kappa shape index (κ1) is 16.3. The second kappa shape index (κ2) is 7.81. The maximum atomic E-state index is 12.5. The van der Waals surface area contributed by atoms with E-state index in [9.17, 15) is 10.1 Å². The van der Waals surface area contributed by atoms with Crippen molar-refractivity contribution in [1.29, 1.82) is 5.26 Å². The van der Waals surface area contributed by atoms with Crippen molar-refractivity contribution in [2.24, 2.45) is 0 Å². The minimum absolute atomic E-state index is 0.0577. The number of ether oxygens (including phenoxy) is 2. The molecule has 0 atom stereocenters. The molecular weight excluding hydrogens is 290 g/mol. The SMILES string of the molecule is CCOc1ccccc1/C=C(\C#N)C(=O)c1ccc(OC)cc1. The molecule has 0 aliphatic rings. The predicted octanol–water partition coefficient (Wildman–Crippen LogP) is 3.88. The van der Waals surface area contributed by atoms with Gasteiger partial charge in [0, 0.05) is 11.1 Å². The molecule has 116 valence electrons. The number of hydrogen-bond acceptors (Lipinski definition) is 4. The largest absolute Gasteiger partial charge is 0.497 e. The van der Waals surface area contributed by atoms with Crippen LogP contribution in [0.2, 0.25) is 0 Å². The predicted molar refractivity (Wildman–Crippen MR) is 88.5 cm³/mol. The van der Waals surface area contributed by atoms with E-state index in [1.165, 1.54) is 0 Å². The Labute approximate surface area is 135 Å². The quantitative estimate of drug-likeness (QED) is 0.461. The molecule has 0 saturated heterocycles. The van der Waals surface area contributed by atoms with Crippen LogP contribution >= 0.6 is 0 Å². The van der Waals surface area contributed by atoms with E-state index >= 15 is 0 Å². The summed E-state index contributed by atoms with van der Waals surface area (Å²) in [7, 11) is 1.56. The molecule has 0 aliphatic carbocycles. The summed E-state index contributed by atoms with van der Waals surface area (Å²) in [5, 5.41) is 9.34. The van der Waals surface area contributed by atoms with Crippen molar-refractivity contribution in [2.75, 3.05) is 13.7 Å². The van der Waals surface area contributed by atoms with E-state index in [4.69, 9.17) is 9.47 Å². The number of rotatable bonds is 6. The van der Waals surface area contributed by atoms with Gasteiger partial charge in [0.1, 0.15) is 23.1 Å². The first-order chi connectivity index (χ1) is 11.2. The van der Waals surface area contributed by atoms with E-state index in [0.29, 0.717) is 29.2 Å². The molecule has 4 nitrogen and oxygen atoms in total. The van der Waals surface area contributed by atoms with Crippen LogP contribution in [0.5, 0.6) is 11.5 Å². The third-order valence-corrected chi connectivity index (χ3v) is 3.24. The van der Waals surface area contributed by atoms with E-state index in [2.05, 4.69) is 0 Å². The number of Topliss-reactive ketones (excluding diaryl/α,β-unsaturated/α-hetero) is 1. The molecule has 2 rings (SSSR count). The third kappa shape index (κ3) is 3.98. The van der Waals surface area contributed by atoms with E-state index in [-0.39, 0.29) is 11.4 Å². The normalized spacial score (nSPS) is 10.7. The standard InChI is InChI=1S/C19H17NO3/c1-3-23-18-7-5-4-6-15(18)12-16(13-20)19(21)14-8-10-17(22-2)11-9-14/h4-12H,3H2,1-2H3/b16-12+. The molecule has 0 unspecified atom stereocenters. The van der Waals surface area contributed by atoms with Crippen molar-refractivity contribution in [1.82, 2.24) is 0 Å². The minimum Gasteiger partial charge on any atom is -0.497 e. The molecule has 2 aromatic carbocycles. The molecule has 23 heavy (non-hydrogen) atoms. The molecule has 0 spiro atoms. The Morgan fingerprint density at radius 2 is 1.87 bits per heavy atom. The van der Waals surface area contributed by atoms with Crippen molar-refractivity contribution in [3.8, 4) is 17.6 Å². The summed E-state index contributed by atoms with van der Waals surface area (Å²) in [6.45, 7) is 2.40. The van der Waals surface area contributed by atoms with Gasteiger partial charge in [-0.2, -0.15) is 5.26 Å². The number of para-hydroxylation sites is 1. The van der Waals surface area contributed by atoms with Crippen molar-refractivity contribution in [2.45, 2.75) is 6.92 Å². The van der Waals surface area contributed by atoms with E-state index < -0.39 is 0 Å². The smallest absolute Gasteiger partial charge is 0.203 e. The Morgan fingerprint density at radius 3 is 2.48 bits per heavy atom. The number of nitriles is 1. The molecule has 0 aromatic heterocycles. The fraction of sp³-hybridized carbons (Fsp3) is 0.158. The Kier molecular flexibility index (Phi) is 5.54. The number of carbonyl (C=O) groups excluding carboxylic acids is 1. The maximum absolute atomic E-state index is 12.5. The Bertz CT molecular complexity index is 755. The zero-order chi connectivity index (χ0) is 16.7. The summed E-state index contributed by atoms with van der Waals surface area (Å²) in [5.74, 6) is 0.970. The molecule has 0 bridgehead atoms. The van der Waals surface area contributed by atoms with Gasteiger partial charge in [-0.25, -0.2) is 0 Å². The molecule has 0 N–H and O–H groups in total. The van der Waals surface area contributed by atoms with Gasteiger partial charge < -0.3 is 9.47 Å². The average Bonchev–Trinajstić information content (AvgIpc) is 2.60. The van der Waals surface area contributed by atoms with Crippen LogP contribution in [0, 0.1) is 11.3 Å². The lowest BCUT2D eigenvalue weighted by molar-refractivity contribution is 0.104. The topological polar surface area (TPSA) is 59.3 Å². The van der Waals surface area contributed by atoms with Crippen LogP contribution in [0.4, 0.5) is 0 Å². The summed E-state index contributed by atoms with van der Waals surface area (Å²) in [6.07, 6.45) is 1.55. The number of benzene rings is 2. The Hall–Kier alpha value is -3.06. The van der Waals surface area contributed by atoms with Crippen molar-refractivity contribution in [3.63, 3.8) is 0 Å². The third-order valence-electron chi connectivity index (χ3n) is 3.24. The van der Waals surface area contributed by atoms with Crippen molar-refractivity contribution < 1.29 is 14.3 Å². The van der Waals surface area contributed by atoms with E-state index in [1.54, 1.807) is 37.5 Å². The van der Waals surface area contributed by atoms with Crippen LogP contribution in [0.1, 0.15) is 22.8 Å². The van der Waals surface area contributed by atoms with Gasteiger partial charge in [0.05, 0.1) is 13.7 Å².